The Kier molecular flexibility index (Phi) is 3.21. The number of hydrogen-bond donors (Lipinski definition) is 1. The van der Waals surface area contributed by atoms with Crippen LogP contribution in [0.2, 0.25) is 0 Å². The third-order valence-electron chi connectivity index (χ3n) is 3.57. The molecule has 0 aromatic carbocycles. The van der Waals surface area contributed by atoms with E-state index in [1.54, 1.807) is 12.3 Å². The summed E-state index contributed by atoms with van der Waals surface area (Å²) in [5, 5.41) is 8.73. The van der Waals surface area contributed by atoms with Gasteiger partial charge in [0.1, 0.15) is 5.82 Å². The summed E-state index contributed by atoms with van der Waals surface area (Å²) >= 11 is 0. The van der Waals surface area contributed by atoms with Gasteiger partial charge in [0.05, 0.1) is 12.2 Å². The molecule has 0 radical (unpaired) electrons. The van der Waals surface area contributed by atoms with Gasteiger partial charge in [-0.2, -0.15) is 0 Å². The number of ether oxygens (including phenoxy) is 1. The third-order valence-corrected chi connectivity index (χ3v) is 3.57. The Labute approximate surface area is 111 Å². The molecule has 19 heavy (non-hydrogen) atoms. The van der Waals surface area contributed by atoms with E-state index in [1.807, 2.05) is 12.1 Å². The SMILES string of the molecule is O=C(O)/C=C/c1cccnc1N1CC2CCC(C1)O2. The van der Waals surface area contributed by atoms with Crippen molar-refractivity contribution in [1.29, 1.82) is 0 Å². The Balaban J connectivity index is 1.86. The zero-order chi connectivity index (χ0) is 13.2. The molecule has 100 valence electrons. The first-order valence-electron chi connectivity index (χ1n) is 6.49. The molecule has 0 amide bonds. The molecule has 5 heteroatoms. The van der Waals surface area contributed by atoms with E-state index in [1.165, 1.54) is 0 Å². The zero-order valence-electron chi connectivity index (χ0n) is 10.5. The van der Waals surface area contributed by atoms with Crippen molar-refractivity contribution in [2.75, 3.05) is 18.0 Å². The Bertz CT molecular complexity index is 503. The number of aliphatic carboxylic acids is 1. The highest BCUT2D eigenvalue weighted by molar-refractivity contribution is 5.86. The molecule has 0 aliphatic carbocycles. The highest BCUT2D eigenvalue weighted by Gasteiger charge is 2.34. The van der Waals surface area contributed by atoms with Crippen molar-refractivity contribution in [3.8, 4) is 0 Å². The van der Waals surface area contributed by atoms with Crippen molar-refractivity contribution in [2.24, 2.45) is 0 Å². The smallest absolute Gasteiger partial charge is 0.328 e. The number of aromatic nitrogens is 1. The van der Waals surface area contributed by atoms with Crippen molar-refractivity contribution < 1.29 is 14.6 Å². The number of anilines is 1. The van der Waals surface area contributed by atoms with Crippen molar-refractivity contribution in [1.82, 2.24) is 4.98 Å². The first kappa shape index (κ1) is 12.2. The summed E-state index contributed by atoms with van der Waals surface area (Å²) in [5.41, 5.74) is 0.839. The molecule has 2 saturated heterocycles. The molecule has 5 nitrogen and oxygen atoms in total. The largest absolute Gasteiger partial charge is 0.478 e. The number of rotatable bonds is 3. The molecule has 2 atom stereocenters. The fraction of sp³-hybridized carbons (Fsp3) is 0.429. The van der Waals surface area contributed by atoms with Gasteiger partial charge in [0.25, 0.3) is 0 Å². The Morgan fingerprint density at radius 1 is 1.42 bits per heavy atom. The third kappa shape index (κ3) is 2.61. The van der Waals surface area contributed by atoms with E-state index in [0.29, 0.717) is 0 Å². The fourth-order valence-electron chi connectivity index (χ4n) is 2.75. The number of fused-ring (bicyclic) bond motifs is 2. The lowest BCUT2D eigenvalue weighted by Gasteiger charge is -2.33. The van der Waals surface area contributed by atoms with Crippen LogP contribution < -0.4 is 4.90 Å². The predicted molar refractivity (Wildman–Crippen MR) is 71.0 cm³/mol. The minimum atomic E-state index is -0.947. The number of nitrogens with zero attached hydrogens (tertiary/aromatic N) is 2. The second-order valence-corrected chi connectivity index (χ2v) is 4.95. The summed E-state index contributed by atoms with van der Waals surface area (Å²) in [6, 6.07) is 3.71. The second-order valence-electron chi connectivity index (χ2n) is 4.95. The molecule has 0 saturated carbocycles. The maximum Gasteiger partial charge on any atom is 0.328 e. The van der Waals surface area contributed by atoms with Gasteiger partial charge in [-0.25, -0.2) is 9.78 Å². The van der Waals surface area contributed by atoms with Crippen LogP contribution in [0.5, 0.6) is 0 Å². The molecule has 1 aromatic heterocycles. The predicted octanol–water partition coefficient (Wildman–Crippen LogP) is 1.55. The summed E-state index contributed by atoms with van der Waals surface area (Å²) in [5.74, 6) is -0.1000. The van der Waals surface area contributed by atoms with Crippen LogP contribution in [-0.2, 0) is 9.53 Å². The summed E-state index contributed by atoms with van der Waals surface area (Å²) in [6.45, 7) is 1.67. The highest BCUT2D eigenvalue weighted by Crippen LogP contribution is 2.30. The van der Waals surface area contributed by atoms with Crippen LogP contribution in [0, 0.1) is 0 Å². The molecule has 1 aromatic rings. The quantitative estimate of drug-likeness (QED) is 0.835. The van der Waals surface area contributed by atoms with E-state index in [0.717, 1.165) is 43.4 Å². The van der Waals surface area contributed by atoms with Gasteiger partial charge < -0.3 is 14.7 Å². The summed E-state index contributed by atoms with van der Waals surface area (Å²) in [6.07, 6.45) is 7.28. The number of hydrogen-bond acceptors (Lipinski definition) is 4. The minimum Gasteiger partial charge on any atom is -0.478 e. The van der Waals surface area contributed by atoms with Crippen molar-refractivity contribution in [2.45, 2.75) is 25.0 Å². The number of carboxylic acid groups (broad SMARTS) is 1. The molecule has 2 bridgehead atoms. The lowest BCUT2D eigenvalue weighted by Crippen LogP contribution is -2.43. The molecular formula is C14H16N2O3. The standard InChI is InChI=1S/C14H16N2O3/c17-13(18)6-3-10-2-1-7-15-14(10)16-8-11-4-5-12(9-16)19-11/h1-3,6-7,11-12H,4-5,8-9H2,(H,17,18)/b6-3+. The molecule has 2 aliphatic rings. The monoisotopic (exact) mass is 260 g/mol. The first-order chi connectivity index (χ1) is 9.22. The molecule has 1 N–H and O–H groups in total. The molecule has 3 heterocycles. The minimum absolute atomic E-state index is 0.289. The Morgan fingerprint density at radius 2 is 2.16 bits per heavy atom. The van der Waals surface area contributed by atoms with Crippen LogP contribution in [0.1, 0.15) is 18.4 Å². The number of carbonyl (C=O) groups is 1. The Morgan fingerprint density at radius 3 is 2.84 bits per heavy atom. The van der Waals surface area contributed by atoms with Gasteiger partial charge >= 0.3 is 5.97 Å². The van der Waals surface area contributed by atoms with Gasteiger partial charge in [-0.1, -0.05) is 0 Å². The van der Waals surface area contributed by atoms with Crippen LogP contribution >= 0.6 is 0 Å². The molecule has 2 unspecified atom stereocenters. The van der Waals surface area contributed by atoms with E-state index >= 15 is 0 Å². The van der Waals surface area contributed by atoms with E-state index < -0.39 is 5.97 Å². The van der Waals surface area contributed by atoms with Crippen LogP contribution in [-0.4, -0.2) is 41.4 Å². The highest BCUT2D eigenvalue weighted by atomic mass is 16.5. The molecule has 2 fully saturated rings. The van der Waals surface area contributed by atoms with Crippen molar-refractivity contribution in [3.63, 3.8) is 0 Å². The Hall–Kier alpha value is -1.88. The van der Waals surface area contributed by atoms with Crippen LogP contribution in [0.4, 0.5) is 5.82 Å². The van der Waals surface area contributed by atoms with Crippen molar-refractivity contribution >= 4 is 17.9 Å². The van der Waals surface area contributed by atoms with Gasteiger partial charge in [-0.05, 0) is 31.1 Å². The maximum atomic E-state index is 10.6. The first-order valence-corrected chi connectivity index (χ1v) is 6.49. The molecule has 0 spiro atoms. The van der Waals surface area contributed by atoms with Crippen LogP contribution in [0.3, 0.4) is 0 Å². The molecule has 2 aliphatic heterocycles. The van der Waals surface area contributed by atoms with Crippen LogP contribution in [0.15, 0.2) is 24.4 Å². The average Bonchev–Trinajstić information content (AvgIpc) is 2.75. The van der Waals surface area contributed by atoms with Crippen LogP contribution in [0.25, 0.3) is 6.08 Å². The normalized spacial score (nSPS) is 26.0. The summed E-state index contributed by atoms with van der Waals surface area (Å²) < 4.78 is 5.81. The maximum absolute atomic E-state index is 10.6. The number of morpholine rings is 1. The topological polar surface area (TPSA) is 62.7 Å². The van der Waals surface area contributed by atoms with Gasteiger partial charge in [0.15, 0.2) is 0 Å². The van der Waals surface area contributed by atoms with Gasteiger partial charge in [0, 0.05) is 30.9 Å². The van der Waals surface area contributed by atoms with Gasteiger partial charge in [-0.15, -0.1) is 0 Å². The van der Waals surface area contributed by atoms with E-state index in [-0.39, 0.29) is 12.2 Å². The molecular weight excluding hydrogens is 244 g/mol. The summed E-state index contributed by atoms with van der Waals surface area (Å²) in [4.78, 5) is 17.2. The van der Waals surface area contributed by atoms with E-state index in [2.05, 4.69) is 9.88 Å². The average molecular weight is 260 g/mol. The number of pyridine rings is 1. The van der Waals surface area contributed by atoms with E-state index in [4.69, 9.17) is 9.84 Å². The number of carboxylic acids is 1. The molecule has 3 rings (SSSR count). The fourth-order valence-corrected chi connectivity index (χ4v) is 2.75. The summed E-state index contributed by atoms with van der Waals surface area (Å²) in [7, 11) is 0. The van der Waals surface area contributed by atoms with Crippen molar-refractivity contribution in [3.05, 3.63) is 30.0 Å². The second kappa shape index (κ2) is 5.01. The van der Waals surface area contributed by atoms with E-state index in [9.17, 15) is 4.79 Å². The zero-order valence-corrected chi connectivity index (χ0v) is 10.5. The van der Waals surface area contributed by atoms with Gasteiger partial charge in [-0.3, -0.25) is 0 Å². The lowest BCUT2D eigenvalue weighted by atomic mass is 10.2. The lowest BCUT2D eigenvalue weighted by molar-refractivity contribution is -0.131. The van der Waals surface area contributed by atoms with Gasteiger partial charge in [0.2, 0.25) is 0 Å².